The first-order valence-electron chi connectivity index (χ1n) is 12.7. The van der Waals surface area contributed by atoms with E-state index in [2.05, 4.69) is 80.6 Å². The molecule has 0 bridgehead atoms. The molecule has 0 amide bonds. The van der Waals surface area contributed by atoms with Gasteiger partial charge in [0.25, 0.3) is 0 Å². The molecular formula is C28H41N3O. The van der Waals surface area contributed by atoms with E-state index in [4.69, 9.17) is 4.52 Å². The van der Waals surface area contributed by atoms with Gasteiger partial charge in [0.05, 0.1) is 11.1 Å². The summed E-state index contributed by atoms with van der Waals surface area (Å²) in [5.41, 5.74) is 3.74. The Hall–Kier alpha value is -1.81. The third-order valence-corrected chi connectivity index (χ3v) is 8.28. The summed E-state index contributed by atoms with van der Waals surface area (Å²) in [7, 11) is 0. The van der Waals surface area contributed by atoms with Gasteiger partial charge >= 0.3 is 0 Å². The van der Waals surface area contributed by atoms with Gasteiger partial charge in [-0.15, -0.1) is 0 Å². The van der Waals surface area contributed by atoms with Gasteiger partial charge in [-0.1, -0.05) is 46.7 Å². The number of piperidine rings is 1. The van der Waals surface area contributed by atoms with Gasteiger partial charge in [-0.3, -0.25) is 0 Å². The zero-order chi connectivity index (χ0) is 22.7. The Morgan fingerprint density at radius 3 is 2.41 bits per heavy atom. The normalized spacial score (nSPS) is 24.2. The third-order valence-electron chi connectivity index (χ3n) is 8.28. The maximum atomic E-state index is 5.68. The lowest BCUT2D eigenvalue weighted by Gasteiger charge is -2.39. The van der Waals surface area contributed by atoms with Gasteiger partial charge in [0.1, 0.15) is 0 Å². The Labute approximate surface area is 193 Å². The molecule has 2 atom stereocenters. The van der Waals surface area contributed by atoms with Crippen LogP contribution in [0.1, 0.15) is 85.4 Å². The molecule has 32 heavy (non-hydrogen) atoms. The first-order chi connectivity index (χ1) is 15.1. The second-order valence-corrected chi connectivity index (χ2v) is 12.6. The molecule has 174 valence electrons. The first kappa shape index (κ1) is 22.0. The van der Waals surface area contributed by atoms with Gasteiger partial charge in [0.15, 0.2) is 5.58 Å². The number of likely N-dealkylation sites (tertiary alicyclic amines) is 1. The van der Waals surface area contributed by atoms with Crippen LogP contribution in [0, 0.1) is 17.3 Å². The SMILES string of the molecule is CC(C)(C)c1noc2ccc3c(ccn3C3CCC(CN4CCC(C(C)(C)C)CC4)C3)c12. The van der Waals surface area contributed by atoms with Crippen LogP contribution in [0.3, 0.4) is 0 Å². The summed E-state index contributed by atoms with van der Waals surface area (Å²) < 4.78 is 8.23. The predicted molar refractivity (Wildman–Crippen MR) is 133 cm³/mol. The summed E-state index contributed by atoms with van der Waals surface area (Å²) in [4.78, 5) is 2.75. The van der Waals surface area contributed by atoms with Crippen LogP contribution in [0.2, 0.25) is 0 Å². The quantitative estimate of drug-likeness (QED) is 0.437. The average molecular weight is 436 g/mol. The molecular weight excluding hydrogens is 394 g/mol. The minimum Gasteiger partial charge on any atom is -0.356 e. The van der Waals surface area contributed by atoms with Crippen LogP contribution in [0.15, 0.2) is 28.9 Å². The van der Waals surface area contributed by atoms with E-state index in [1.54, 1.807) is 0 Å². The summed E-state index contributed by atoms with van der Waals surface area (Å²) in [6, 6.07) is 7.25. The van der Waals surface area contributed by atoms with Gasteiger partial charge in [-0.2, -0.15) is 0 Å². The van der Waals surface area contributed by atoms with E-state index < -0.39 is 0 Å². The van der Waals surface area contributed by atoms with Crippen LogP contribution in [0.5, 0.6) is 0 Å². The molecule has 2 fully saturated rings. The molecule has 0 spiro atoms. The van der Waals surface area contributed by atoms with Crippen LogP contribution in [-0.4, -0.2) is 34.3 Å². The Morgan fingerprint density at radius 2 is 1.72 bits per heavy atom. The highest BCUT2D eigenvalue weighted by Crippen LogP contribution is 2.41. The summed E-state index contributed by atoms with van der Waals surface area (Å²) in [6.07, 6.45) is 8.99. The Morgan fingerprint density at radius 1 is 0.969 bits per heavy atom. The minimum atomic E-state index is -0.0273. The summed E-state index contributed by atoms with van der Waals surface area (Å²) >= 11 is 0. The number of hydrogen-bond donors (Lipinski definition) is 0. The Balaban J connectivity index is 1.30. The molecule has 4 nitrogen and oxygen atoms in total. The van der Waals surface area contributed by atoms with Crippen LogP contribution >= 0.6 is 0 Å². The fourth-order valence-corrected chi connectivity index (χ4v) is 6.32. The molecule has 2 aromatic heterocycles. The fraction of sp³-hybridized carbons (Fsp3) is 0.679. The molecule has 0 N–H and O–H groups in total. The summed E-state index contributed by atoms with van der Waals surface area (Å²) in [6.45, 7) is 17.7. The average Bonchev–Trinajstić information content (AvgIpc) is 3.44. The number of hydrogen-bond acceptors (Lipinski definition) is 3. The van der Waals surface area contributed by atoms with Crippen LogP contribution in [0.25, 0.3) is 21.9 Å². The zero-order valence-electron chi connectivity index (χ0n) is 20.9. The van der Waals surface area contributed by atoms with Crippen molar-refractivity contribution >= 4 is 21.9 Å². The van der Waals surface area contributed by atoms with Gasteiger partial charge in [-0.25, -0.2) is 0 Å². The van der Waals surface area contributed by atoms with Crippen LogP contribution in [0.4, 0.5) is 0 Å². The lowest BCUT2D eigenvalue weighted by molar-refractivity contribution is 0.101. The number of rotatable bonds is 3. The van der Waals surface area contributed by atoms with E-state index in [-0.39, 0.29) is 5.41 Å². The van der Waals surface area contributed by atoms with Crippen molar-refractivity contribution < 1.29 is 4.52 Å². The second-order valence-electron chi connectivity index (χ2n) is 12.6. The minimum absolute atomic E-state index is 0.0273. The van der Waals surface area contributed by atoms with E-state index in [0.29, 0.717) is 11.5 Å². The molecule has 1 saturated carbocycles. The van der Waals surface area contributed by atoms with Gasteiger partial charge in [0.2, 0.25) is 0 Å². The van der Waals surface area contributed by atoms with Crippen LogP contribution in [-0.2, 0) is 5.41 Å². The molecule has 5 rings (SSSR count). The van der Waals surface area contributed by atoms with Crippen LogP contribution < -0.4 is 0 Å². The highest BCUT2D eigenvalue weighted by Gasteiger charge is 2.32. The van der Waals surface area contributed by atoms with Crippen molar-refractivity contribution in [1.82, 2.24) is 14.6 Å². The number of nitrogens with zero attached hydrogens (tertiary/aromatic N) is 3. The molecule has 1 aliphatic heterocycles. The Bertz CT molecular complexity index is 1090. The van der Waals surface area contributed by atoms with Gasteiger partial charge in [0, 0.05) is 35.1 Å². The molecule has 1 aromatic carbocycles. The van der Waals surface area contributed by atoms with Crippen molar-refractivity contribution in [2.45, 2.75) is 85.1 Å². The molecule has 4 heteroatoms. The molecule has 2 aliphatic rings. The third kappa shape index (κ3) is 4.00. The maximum Gasteiger partial charge on any atom is 0.167 e. The van der Waals surface area contributed by atoms with E-state index in [1.807, 2.05) is 0 Å². The lowest BCUT2D eigenvalue weighted by atomic mass is 9.75. The zero-order valence-corrected chi connectivity index (χ0v) is 20.9. The second kappa shape index (κ2) is 7.90. The van der Waals surface area contributed by atoms with Crippen molar-refractivity contribution in [2.24, 2.45) is 17.3 Å². The van der Waals surface area contributed by atoms with Crippen molar-refractivity contribution in [3.63, 3.8) is 0 Å². The summed E-state index contributed by atoms with van der Waals surface area (Å²) in [5, 5.41) is 6.92. The van der Waals surface area contributed by atoms with Crippen molar-refractivity contribution in [3.8, 4) is 0 Å². The van der Waals surface area contributed by atoms with Gasteiger partial charge in [-0.05, 0) is 80.6 Å². The largest absolute Gasteiger partial charge is 0.356 e. The fourth-order valence-electron chi connectivity index (χ4n) is 6.32. The number of aromatic nitrogens is 2. The smallest absolute Gasteiger partial charge is 0.167 e. The Kier molecular flexibility index (Phi) is 5.43. The molecule has 3 aromatic rings. The van der Waals surface area contributed by atoms with E-state index in [9.17, 15) is 0 Å². The highest BCUT2D eigenvalue weighted by molar-refractivity contribution is 6.06. The number of fused-ring (bicyclic) bond motifs is 3. The lowest BCUT2D eigenvalue weighted by Crippen LogP contribution is -2.40. The maximum absolute atomic E-state index is 5.68. The predicted octanol–water partition coefficient (Wildman–Crippen LogP) is 7.18. The molecule has 1 saturated heterocycles. The molecule has 3 heterocycles. The molecule has 1 aliphatic carbocycles. The number of benzene rings is 1. The summed E-state index contributed by atoms with van der Waals surface area (Å²) in [5.74, 6) is 1.71. The van der Waals surface area contributed by atoms with E-state index in [1.165, 1.54) is 68.0 Å². The van der Waals surface area contributed by atoms with E-state index in [0.717, 1.165) is 23.1 Å². The van der Waals surface area contributed by atoms with Crippen molar-refractivity contribution in [3.05, 3.63) is 30.1 Å². The van der Waals surface area contributed by atoms with E-state index >= 15 is 0 Å². The standard InChI is InChI=1S/C28H41N3O/c1-27(2,3)20-11-14-30(15-12-20)18-19-7-8-21(17-19)31-16-13-22-23(31)9-10-24-25(22)26(29-32-24)28(4,5)6/h9-10,13,16,19-21H,7-8,11-12,14-15,17-18H2,1-6H3. The molecule has 0 radical (unpaired) electrons. The van der Waals surface area contributed by atoms with Crippen molar-refractivity contribution in [2.75, 3.05) is 19.6 Å². The highest BCUT2D eigenvalue weighted by atomic mass is 16.5. The first-order valence-corrected chi connectivity index (χ1v) is 12.7. The monoisotopic (exact) mass is 435 g/mol. The van der Waals surface area contributed by atoms with Crippen molar-refractivity contribution in [1.29, 1.82) is 0 Å². The molecule has 2 unspecified atom stereocenters. The van der Waals surface area contributed by atoms with Gasteiger partial charge < -0.3 is 14.0 Å². The topological polar surface area (TPSA) is 34.2 Å².